The van der Waals surface area contributed by atoms with Crippen molar-refractivity contribution in [1.82, 2.24) is 20.6 Å². The summed E-state index contributed by atoms with van der Waals surface area (Å²) in [5.41, 5.74) is 2.14. The number of carbonyl (C=O) groups excluding carboxylic acids is 2. The third kappa shape index (κ3) is 5.60. The molecule has 8 nitrogen and oxygen atoms in total. The first-order valence-corrected chi connectivity index (χ1v) is 10.4. The molecule has 0 aliphatic carbocycles. The Kier molecular flexibility index (Phi) is 7.67. The van der Waals surface area contributed by atoms with E-state index in [1.54, 1.807) is 0 Å². The first kappa shape index (κ1) is 24.9. The van der Waals surface area contributed by atoms with Crippen LogP contribution in [0.4, 0.5) is 13.2 Å². The molecule has 3 aromatic rings. The molecule has 1 heterocycles. The first-order valence-electron chi connectivity index (χ1n) is 9.98. The standard InChI is InChI=1S/C22H20ClF3N4O4/c1-3-10-34-17-9-4-13(11-18(17)33-2)20(31)28-29-21(32)16-12-27-30(19(16)22(24,25)26)15-7-5-14(23)6-8-15/h4-9,11-12H,3,10H2,1-2H3,(H,28,31)(H,29,32). The Hall–Kier alpha value is -3.73. The van der Waals surface area contributed by atoms with Crippen LogP contribution in [-0.2, 0) is 6.18 Å². The molecule has 0 saturated heterocycles. The third-order valence-corrected chi connectivity index (χ3v) is 4.78. The summed E-state index contributed by atoms with van der Waals surface area (Å²) >= 11 is 5.78. The van der Waals surface area contributed by atoms with Crippen molar-refractivity contribution in [2.24, 2.45) is 0 Å². The number of halogens is 4. The van der Waals surface area contributed by atoms with Crippen molar-refractivity contribution in [3.63, 3.8) is 0 Å². The van der Waals surface area contributed by atoms with Gasteiger partial charge in [0.1, 0.15) is 0 Å². The van der Waals surface area contributed by atoms with Gasteiger partial charge in [0.05, 0.1) is 31.2 Å². The number of carbonyl (C=O) groups is 2. The van der Waals surface area contributed by atoms with Gasteiger partial charge >= 0.3 is 6.18 Å². The largest absolute Gasteiger partial charge is 0.493 e. The molecule has 0 unspecified atom stereocenters. The quantitative estimate of drug-likeness (QED) is 0.472. The number of alkyl halides is 3. The Labute approximate surface area is 197 Å². The molecule has 2 aromatic carbocycles. The lowest BCUT2D eigenvalue weighted by Crippen LogP contribution is -2.42. The van der Waals surface area contributed by atoms with Crippen LogP contribution in [-0.4, -0.2) is 35.3 Å². The Morgan fingerprint density at radius 1 is 1.06 bits per heavy atom. The molecular weight excluding hydrogens is 477 g/mol. The van der Waals surface area contributed by atoms with Crippen molar-refractivity contribution in [1.29, 1.82) is 0 Å². The number of nitrogens with one attached hydrogen (secondary N) is 2. The van der Waals surface area contributed by atoms with E-state index in [1.807, 2.05) is 12.3 Å². The second-order valence-corrected chi connectivity index (χ2v) is 7.35. The van der Waals surface area contributed by atoms with E-state index < -0.39 is 29.2 Å². The van der Waals surface area contributed by atoms with Crippen molar-refractivity contribution in [3.8, 4) is 17.2 Å². The molecule has 180 valence electrons. The van der Waals surface area contributed by atoms with Crippen LogP contribution in [0.15, 0.2) is 48.7 Å². The Balaban J connectivity index is 1.78. The molecule has 12 heteroatoms. The predicted octanol–water partition coefficient (Wildman–Crippen LogP) is 4.42. The summed E-state index contributed by atoms with van der Waals surface area (Å²) in [5, 5.41) is 4.02. The van der Waals surface area contributed by atoms with E-state index in [9.17, 15) is 22.8 Å². The lowest BCUT2D eigenvalue weighted by molar-refractivity contribution is -0.143. The van der Waals surface area contributed by atoms with Crippen LogP contribution in [0.1, 0.15) is 39.8 Å². The number of hydrogen-bond acceptors (Lipinski definition) is 5. The van der Waals surface area contributed by atoms with Crippen LogP contribution >= 0.6 is 11.6 Å². The van der Waals surface area contributed by atoms with Gasteiger partial charge in [-0.2, -0.15) is 18.3 Å². The maximum atomic E-state index is 13.8. The van der Waals surface area contributed by atoms with E-state index in [1.165, 1.54) is 49.6 Å². The van der Waals surface area contributed by atoms with Gasteiger partial charge in [-0.25, -0.2) is 4.68 Å². The highest BCUT2D eigenvalue weighted by atomic mass is 35.5. The number of amides is 2. The lowest BCUT2D eigenvalue weighted by atomic mass is 10.2. The molecule has 0 saturated carbocycles. The van der Waals surface area contributed by atoms with Crippen LogP contribution in [0.25, 0.3) is 5.69 Å². The summed E-state index contributed by atoms with van der Waals surface area (Å²) in [6.07, 6.45) is -3.37. The molecule has 0 aliphatic rings. The van der Waals surface area contributed by atoms with Gasteiger partial charge in [-0.15, -0.1) is 0 Å². The monoisotopic (exact) mass is 496 g/mol. The van der Waals surface area contributed by atoms with Crippen molar-refractivity contribution in [2.45, 2.75) is 19.5 Å². The molecule has 0 fully saturated rings. The van der Waals surface area contributed by atoms with Gasteiger partial charge in [-0.3, -0.25) is 20.4 Å². The predicted molar refractivity (Wildman–Crippen MR) is 117 cm³/mol. The van der Waals surface area contributed by atoms with Crippen molar-refractivity contribution in [2.75, 3.05) is 13.7 Å². The second kappa shape index (κ2) is 10.5. The maximum Gasteiger partial charge on any atom is 0.434 e. The Bertz CT molecular complexity index is 1180. The molecule has 0 bridgehead atoms. The van der Waals surface area contributed by atoms with Crippen LogP contribution in [0.3, 0.4) is 0 Å². The maximum absolute atomic E-state index is 13.8. The summed E-state index contributed by atoms with van der Waals surface area (Å²) in [6, 6.07) is 9.77. The molecule has 2 N–H and O–H groups in total. The van der Waals surface area contributed by atoms with Crippen LogP contribution in [0, 0.1) is 0 Å². The minimum atomic E-state index is -4.91. The molecule has 1 aromatic heterocycles. The van der Waals surface area contributed by atoms with E-state index >= 15 is 0 Å². The van der Waals surface area contributed by atoms with Gasteiger partial charge < -0.3 is 9.47 Å². The average Bonchev–Trinajstić information content (AvgIpc) is 3.27. The van der Waals surface area contributed by atoms with Gasteiger partial charge in [-0.1, -0.05) is 18.5 Å². The zero-order valence-electron chi connectivity index (χ0n) is 18.1. The summed E-state index contributed by atoms with van der Waals surface area (Å²) < 4.78 is 52.6. The summed E-state index contributed by atoms with van der Waals surface area (Å²) in [4.78, 5) is 24.9. The normalized spacial score (nSPS) is 11.1. The number of ether oxygens (including phenoxy) is 2. The van der Waals surface area contributed by atoms with Crippen LogP contribution in [0.2, 0.25) is 5.02 Å². The van der Waals surface area contributed by atoms with Gasteiger partial charge in [0.15, 0.2) is 17.2 Å². The SMILES string of the molecule is CCCOc1ccc(C(=O)NNC(=O)c2cnn(-c3ccc(Cl)cc3)c2C(F)(F)F)cc1OC. The summed E-state index contributed by atoms with van der Waals surface area (Å²) in [5.74, 6) is -1.26. The van der Waals surface area contributed by atoms with Gasteiger partial charge in [0.2, 0.25) is 0 Å². The average molecular weight is 497 g/mol. The number of hydrazine groups is 1. The van der Waals surface area contributed by atoms with E-state index in [0.717, 1.165) is 12.6 Å². The van der Waals surface area contributed by atoms with Crippen LogP contribution < -0.4 is 20.3 Å². The molecule has 0 spiro atoms. The minimum Gasteiger partial charge on any atom is -0.493 e. The van der Waals surface area contributed by atoms with Gasteiger partial charge in [0, 0.05) is 10.6 Å². The molecule has 0 radical (unpaired) electrons. The molecule has 0 aliphatic heterocycles. The number of benzene rings is 2. The number of methoxy groups -OCH3 is 1. The van der Waals surface area contributed by atoms with E-state index in [-0.39, 0.29) is 17.0 Å². The zero-order valence-corrected chi connectivity index (χ0v) is 18.8. The minimum absolute atomic E-state index is 0.0530. The zero-order chi connectivity index (χ0) is 24.9. The highest BCUT2D eigenvalue weighted by Crippen LogP contribution is 2.34. The lowest BCUT2D eigenvalue weighted by Gasteiger charge is -2.14. The molecule has 3 rings (SSSR count). The Morgan fingerprint density at radius 3 is 2.35 bits per heavy atom. The van der Waals surface area contributed by atoms with Gasteiger partial charge in [0.25, 0.3) is 11.8 Å². The second-order valence-electron chi connectivity index (χ2n) is 6.92. The van der Waals surface area contributed by atoms with Crippen molar-refractivity contribution in [3.05, 3.63) is 70.5 Å². The molecule has 0 atom stereocenters. The topological polar surface area (TPSA) is 94.5 Å². The first-order chi connectivity index (χ1) is 16.2. The fourth-order valence-corrected chi connectivity index (χ4v) is 3.08. The van der Waals surface area contributed by atoms with Crippen molar-refractivity contribution >= 4 is 23.4 Å². The number of nitrogens with zero attached hydrogens (tertiary/aromatic N) is 2. The summed E-state index contributed by atoms with van der Waals surface area (Å²) in [7, 11) is 1.40. The van der Waals surface area contributed by atoms with Crippen molar-refractivity contribution < 1.29 is 32.2 Å². The number of hydrogen-bond donors (Lipinski definition) is 2. The van der Waals surface area contributed by atoms with E-state index in [0.29, 0.717) is 22.1 Å². The third-order valence-electron chi connectivity index (χ3n) is 4.53. The number of aromatic nitrogens is 2. The molecule has 2 amide bonds. The summed E-state index contributed by atoms with van der Waals surface area (Å²) in [6.45, 7) is 2.38. The van der Waals surface area contributed by atoms with E-state index in [4.69, 9.17) is 21.1 Å². The molecule has 34 heavy (non-hydrogen) atoms. The van der Waals surface area contributed by atoms with Gasteiger partial charge in [-0.05, 0) is 48.9 Å². The van der Waals surface area contributed by atoms with Crippen LogP contribution in [0.5, 0.6) is 11.5 Å². The highest BCUT2D eigenvalue weighted by molar-refractivity contribution is 6.30. The molecular formula is C22H20ClF3N4O4. The Morgan fingerprint density at radius 2 is 1.74 bits per heavy atom. The fraction of sp³-hybridized carbons (Fsp3) is 0.227. The van der Waals surface area contributed by atoms with E-state index in [2.05, 4.69) is 10.5 Å². The fourth-order valence-electron chi connectivity index (χ4n) is 2.96. The smallest absolute Gasteiger partial charge is 0.434 e. The highest BCUT2D eigenvalue weighted by Gasteiger charge is 2.40. The number of rotatable bonds is 7.